The third-order valence-corrected chi connectivity index (χ3v) is 3.62. The molecule has 4 nitrogen and oxygen atoms in total. The molecule has 0 bridgehead atoms. The molecule has 22 heavy (non-hydrogen) atoms. The van der Waals surface area contributed by atoms with E-state index in [1.807, 2.05) is 22.8 Å². The van der Waals surface area contributed by atoms with Crippen LogP contribution in [0.2, 0.25) is 0 Å². The number of imidazole rings is 1. The third kappa shape index (κ3) is 2.99. The minimum absolute atomic E-state index is 0.205. The van der Waals surface area contributed by atoms with Gasteiger partial charge in [0.1, 0.15) is 17.2 Å². The van der Waals surface area contributed by atoms with Gasteiger partial charge < -0.3 is 9.30 Å². The summed E-state index contributed by atoms with van der Waals surface area (Å²) in [6, 6.07) is 10.6. The van der Waals surface area contributed by atoms with E-state index in [2.05, 4.69) is 9.97 Å². The highest BCUT2D eigenvalue weighted by Gasteiger charge is 2.13. The molecule has 0 spiro atoms. The van der Waals surface area contributed by atoms with Gasteiger partial charge >= 0.3 is 0 Å². The summed E-state index contributed by atoms with van der Waals surface area (Å²) in [6.07, 6.45) is 3.39. The molecular weight excluding hydrogens is 281 g/mol. The molecule has 0 atom stereocenters. The molecule has 0 radical (unpaired) electrons. The van der Waals surface area contributed by atoms with Gasteiger partial charge in [0.15, 0.2) is 5.65 Å². The summed E-state index contributed by atoms with van der Waals surface area (Å²) in [4.78, 5) is 9.04. The molecule has 3 rings (SSSR count). The Labute approximate surface area is 128 Å². The molecule has 0 aliphatic heterocycles. The standard InChI is InChI=1S/C17H18FN3O/c1-22-11-5-9-16-20-15-8-4-10-19-17(15)21(16)12-13-6-2-3-7-14(13)18/h2-4,6-8,10H,5,9,11-12H2,1H3. The summed E-state index contributed by atoms with van der Waals surface area (Å²) in [7, 11) is 1.68. The van der Waals surface area contributed by atoms with Crippen molar-refractivity contribution in [3.8, 4) is 0 Å². The number of ether oxygens (including phenoxy) is 1. The van der Waals surface area contributed by atoms with Crippen LogP contribution in [0, 0.1) is 5.82 Å². The Balaban J connectivity index is 1.98. The molecule has 2 heterocycles. The Morgan fingerprint density at radius 1 is 1.18 bits per heavy atom. The molecule has 114 valence electrons. The number of fused-ring (bicyclic) bond motifs is 1. The molecule has 0 saturated carbocycles. The Kier molecular flexibility index (Phi) is 4.44. The smallest absolute Gasteiger partial charge is 0.160 e. The molecule has 0 amide bonds. The van der Waals surface area contributed by atoms with Crippen LogP contribution < -0.4 is 0 Å². The minimum Gasteiger partial charge on any atom is -0.385 e. The van der Waals surface area contributed by atoms with Gasteiger partial charge in [-0.15, -0.1) is 0 Å². The van der Waals surface area contributed by atoms with Crippen LogP contribution in [0.5, 0.6) is 0 Å². The van der Waals surface area contributed by atoms with E-state index in [0.717, 1.165) is 29.8 Å². The van der Waals surface area contributed by atoms with Crippen molar-refractivity contribution in [2.75, 3.05) is 13.7 Å². The van der Waals surface area contributed by atoms with Gasteiger partial charge in [0.25, 0.3) is 0 Å². The van der Waals surface area contributed by atoms with Crippen LogP contribution >= 0.6 is 0 Å². The molecule has 2 aromatic heterocycles. The van der Waals surface area contributed by atoms with Gasteiger partial charge in [0.05, 0.1) is 6.54 Å². The Morgan fingerprint density at radius 3 is 2.86 bits per heavy atom. The third-order valence-electron chi connectivity index (χ3n) is 3.62. The highest BCUT2D eigenvalue weighted by Crippen LogP contribution is 2.18. The molecule has 0 saturated heterocycles. The first-order valence-corrected chi connectivity index (χ1v) is 7.32. The largest absolute Gasteiger partial charge is 0.385 e. The predicted octanol–water partition coefficient (Wildman–Crippen LogP) is 3.20. The maximum Gasteiger partial charge on any atom is 0.160 e. The normalized spacial score (nSPS) is 11.2. The number of halogens is 1. The lowest BCUT2D eigenvalue weighted by molar-refractivity contribution is 0.194. The highest BCUT2D eigenvalue weighted by atomic mass is 19.1. The second-order valence-electron chi connectivity index (χ2n) is 5.15. The summed E-state index contributed by atoms with van der Waals surface area (Å²) in [5.41, 5.74) is 2.27. The zero-order valence-corrected chi connectivity index (χ0v) is 12.5. The maximum absolute atomic E-state index is 13.9. The second kappa shape index (κ2) is 6.66. The van der Waals surface area contributed by atoms with Crippen molar-refractivity contribution in [2.24, 2.45) is 0 Å². The number of rotatable bonds is 6. The molecule has 3 aromatic rings. The molecule has 0 unspecified atom stereocenters. The van der Waals surface area contributed by atoms with Crippen LogP contribution in [-0.2, 0) is 17.7 Å². The van der Waals surface area contributed by atoms with Crippen LogP contribution in [0.4, 0.5) is 4.39 Å². The summed E-state index contributed by atoms with van der Waals surface area (Å²) in [5, 5.41) is 0. The van der Waals surface area contributed by atoms with Crippen LogP contribution in [0.25, 0.3) is 11.2 Å². The van der Waals surface area contributed by atoms with Crippen molar-refractivity contribution in [1.29, 1.82) is 0 Å². The van der Waals surface area contributed by atoms with Crippen molar-refractivity contribution in [2.45, 2.75) is 19.4 Å². The van der Waals surface area contributed by atoms with E-state index in [4.69, 9.17) is 4.74 Å². The molecule has 1 aromatic carbocycles. The zero-order chi connectivity index (χ0) is 15.4. The lowest BCUT2D eigenvalue weighted by Crippen LogP contribution is -2.08. The Bertz CT molecular complexity index is 769. The first-order valence-electron chi connectivity index (χ1n) is 7.32. The second-order valence-corrected chi connectivity index (χ2v) is 5.15. The van der Waals surface area contributed by atoms with Crippen LogP contribution in [0.3, 0.4) is 0 Å². The lowest BCUT2D eigenvalue weighted by Gasteiger charge is -2.09. The Hall–Kier alpha value is -2.27. The topological polar surface area (TPSA) is 39.9 Å². The van der Waals surface area contributed by atoms with E-state index in [9.17, 15) is 4.39 Å². The first-order chi connectivity index (χ1) is 10.8. The average Bonchev–Trinajstić information content (AvgIpc) is 2.88. The zero-order valence-electron chi connectivity index (χ0n) is 12.5. The Morgan fingerprint density at radius 2 is 2.05 bits per heavy atom. The van der Waals surface area contributed by atoms with Gasteiger partial charge in [-0.25, -0.2) is 14.4 Å². The molecular formula is C17H18FN3O. The fraction of sp³-hybridized carbons (Fsp3) is 0.294. The number of pyridine rings is 1. The van der Waals surface area contributed by atoms with Crippen LogP contribution in [0.1, 0.15) is 17.8 Å². The van der Waals surface area contributed by atoms with Gasteiger partial charge in [0, 0.05) is 31.9 Å². The predicted molar refractivity (Wildman–Crippen MR) is 83.2 cm³/mol. The highest BCUT2D eigenvalue weighted by molar-refractivity contribution is 5.71. The molecule has 0 N–H and O–H groups in total. The monoisotopic (exact) mass is 299 g/mol. The fourth-order valence-corrected chi connectivity index (χ4v) is 2.53. The number of aryl methyl sites for hydroxylation is 1. The SMILES string of the molecule is COCCCc1nc2cccnc2n1Cc1ccccc1F. The molecule has 5 heteroatoms. The van der Waals surface area contributed by atoms with Gasteiger partial charge in [-0.3, -0.25) is 0 Å². The number of hydrogen-bond donors (Lipinski definition) is 0. The van der Waals surface area contributed by atoms with Gasteiger partial charge in [-0.05, 0) is 24.6 Å². The van der Waals surface area contributed by atoms with Crippen molar-refractivity contribution >= 4 is 11.2 Å². The van der Waals surface area contributed by atoms with Crippen molar-refractivity contribution in [3.05, 3.63) is 59.8 Å². The number of aromatic nitrogens is 3. The van der Waals surface area contributed by atoms with Crippen LogP contribution in [-0.4, -0.2) is 28.3 Å². The van der Waals surface area contributed by atoms with Crippen molar-refractivity contribution < 1.29 is 9.13 Å². The molecule has 0 aliphatic rings. The van der Waals surface area contributed by atoms with E-state index < -0.39 is 0 Å². The molecule has 0 fully saturated rings. The van der Waals surface area contributed by atoms with E-state index in [0.29, 0.717) is 18.7 Å². The average molecular weight is 299 g/mol. The quantitative estimate of drug-likeness (QED) is 0.656. The van der Waals surface area contributed by atoms with E-state index in [1.54, 1.807) is 25.4 Å². The van der Waals surface area contributed by atoms with Gasteiger partial charge in [-0.2, -0.15) is 0 Å². The van der Waals surface area contributed by atoms with Crippen molar-refractivity contribution in [1.82, 2.24) is 14.5 Å². The summed E-state index contributed by atoms with van der Waals surface area (Å²) in [6.45, 7) is 1.11. The summed E-state index contributed by atoms with van der Waals surface area (Å²) >= 11 is 0. The van der Waals surface area contributed by atoms with Crippen LogP contribution in [0.15, 0.2) is 42.6 Å². The summed E-state index contributed by atoms with van der Waals surface area (Å²) in [5.74, 6) is 0.706. The van der Waals surface area contributed by atoms with E-state index in [-0.39, 0.29) is 5.82 Å². The minimum atomic E-state index is -0.205. The van der Waals surface area contributed by atoms with Crippen molar-refractivity contribution in [3.63, 3.8) is 0 Å². The number of methoxy groups -OCH3 is 1. The van der Waals surface area contributed by atoms with E-state index >= 15 is 0 Å². The molecule has 0 aliphatic carbocycles. The first kappa shape index (κ1) is 14.7. The maximum atomic E-state index is 13.9. The van der Waals surface area contributed by atoms with Gasteiger partial charge in [-0.1, -0.05) is 18.2 Å². The summed E-state index contributed by atoms with van der Waals surface area (Å²) < 4.78 is 21.0. The van der Waals surface area contributed by atoms with E-state index in [1.165, 1.54) is 6.07 Å². The number of benzene rings is 1. The number of nitrogens with zero attached hydrogens (tertiary/aromatic N) is 3. The number of hydrogen-bond acceptors (Lipinski definition) is 3. The fourth-order valence-electron chi connectivity index (χ4n) is 2.53. The van der Waals surface area contributed by atoms with Gasteiger partial charge in [0.2, 0.25) is 0 Å². The lowest BCUT2D eigenvalue weighted by atomic mass is 10.2.